The molecule has 0 saturated carbocycles. The van der Waals surface area contributed by atoms with Crippen molar-refractivity contribution in [3.8, 4) is 11.5 Å². The van der Waals surface area contributed by atoms with E-state index in [1.54, 1.807) is 13.3 Å². The Kier molecular flexibility index (Phi) is 5.17. The van der Waals surface area contributed by atoms with Gasteiger partial charge in [-0.15, -0.1) is 0 Å². The van der Waals surface area contributed by atoms with Crippen LogP contribution in [0.1, 0.15) is 29.8 Å². The summed E-state index contributed by atoms with van der Waals surface area (Å²) in [5, 5.41) is 3.23. The van der Waals surface area contributed by atoms with Gasteiger partial charge in [0.2, 0.25) is 0 Å². The number of nitrogens with zero attached hydrogens (tertiary/aromatic N) is 1. The zero-order valence-corrected chi connectivity index (χ0v) is 13.0. The van der Waals surface area contributed by atoms with E-state index in [-0.39, 0.29) is 6.04 Å². The highest BCUT2D eigenvalue weighted by Crippen LogP contribution is 2.30. The van der Waals surface area contributed by atoms with E-state index in [1.165, 1.54) is 0 Å². The minimum Gasteiger partial charge on any atom is -0.497 e. The van der Waals surface area contributed by atoms with E-state index in [9.17, 15) is 0 Å². The monoisotopic (exact) mass is 286 g/mol. The number of hydrogen-bond acceptors (Lipinski definition) is 4. The number of aromatic nitrogens is 1. The SMILES string of the molecule is CNC(C)c1ccc(OC)cc1OCc1ncccc1C. The third kappa shape index (κ3) is 3.73. The second-order valence-corrected chi connectivity index (χ2v) is 4.97. The van der Waals surface area contributed by atoms with E-state index in [2.05, 4.69) is 17.2 Å². The predicted octanol–water partition coefficient (Wildman–Crippen LogP) is 3.26. The summed E-state index contributed by atoms with van der Waals surface area (Å²) in [6.07, 6.45) is 1.79. The molecule has 4 nitrogen and oxygen atoms in total. The summed E-state index contributed by atoms with van der Waals surface area (Å²) in [5.74, 6) is 1.61. The van der Waals surface area contributed by atoms with Crippen molar-refractivity contribution >= 4 is 0 Å². The third-order valence-electron chi connectivity index (χ3n) is 3.60. The summed E-state index contributed by atoms with van der Waals surface area (Å²) in [5.41, 5.74) is 3.18. The smallest absolute Gasteiger partial charge is 0.130 e. The van der Waals surface area contributed by atoms with Crippen LogP contribution < -0.4 is 14.8 Å². The second-order valence-electron chi connectivity index (χ2n) is 4.97. The summed E-state index contributed by atoms with van der Waals surface area (Å²) in [4.78, 5) is 4.36. The number of hydrogen-bond donors (Lipinski definition) is 1. The molecule has 1 unspecified atom stereocenters. The Labute approximate surface area is 126 Å². The molecule has 0 spiro atoms. The minimum atomic E-state index is 0.204. The Morgan fingerprint density at radius 2 is 2.10 bits per heavy atom. The summed E-state index contributed by atoms with van der Waals surface area (Å²) >= 11 is 0. The Bertz CT molecular complexity index is 599. The van der Waals surface area contributed by atoms with Crippen LogP contribution in [-0.4, -0.2) is 19.1 Å². The first-order valence-corrected chi connectivity index (χ1v) is 7.04. The zero-order chi connectivity index (χ0) is 15.2. The summed E-state index contributed by atoms with van der Waals surface area (Å²) in [7, 11) is 3.59. The Morgan fingerprint density at radius 1 is 1.29 bits per heavy atom. The van der Waals surface area contributed by atoms with Crippen molar-refractivity contribution in [3.63, 3.8) is 0 Å². The van der Waals surface area contributed by atoms with Gasteiger partial charge in [-0.05, 0) is 38.6 Å². The largest absolute Gasteiger partial charge is 0.497 e. The number of rotatable bonds is 6. The average Bonchev–Trinajstić information content (AvgIpc) is 2.53. The molecule has 1 N–H and O–H groups in total. The topological polar surface area (TPSA) is 43.4 Å². The third-order valence-corrected chi connectivity index (χ3v) is 3.60. The van der Waals surface area contributed by atoms with Gasteiger partial charge in [0, 0.05) is 23.9 Å². The van der Waals surface area contributed by atoms with Crippen molar-refractivity contribution in [1.82, 2.24) is 10.3 Å². The molecule has 112 valence electrons. The molecule has 0 aliphatic carbocycles. The molecule has 0 bridgehead atoms. The summed E-state index contributed by atoms with van der Waals surface area (Å²) in [6, 6.07) is 10.1. The summed E-state index contributed by atoms with van der Waals surface area (Å²) < 4.78 is 11.3. The highest BCUT2D eigenvalue weighted by molar-refractivity contribution is 5.42. The fraction of sp³-hybridized carbons (Fsp3) is 0.353. The van der Waals surface area contributed by atoms with Gasteiger partial charge in [-0.2, -0.15) is 0 Å². The van der Waals surface area contributed by atoms with Crippen molar-refractivity contribution in [1.29, 1.82) is 0 Å². The molecular weight excluding hydrogens is 264 g/mol. The van der Waals surface area contributed by atoms with Gasteiger partial charge >= 0.3 is 0 Å². The Hall–Kier alpha value is -2.07. The van der Waals surface area contributed by atoms with Gasteiger partial charge in [-0.1, -0.05) is 12.1 Å². The average molecular weight is 286 g/mol. The maximum absolute atomic E-state index is 5.99. The molecule has 0 fully saturated rings. The van der Waals surface area contributed by atoms with Crippen molar-refractivity contribution in [3.05, 3.63) is 53.3 Å². The molecule has 1 aromatic carbocycles. The molecule has 21 heavy (non-hydrogen) atoms. The number of ether oxygens (including phenoxy) is 2. The predicted molar refractivity (Wildman–Crippen MR) is 83.8 cm³/mol. The molecule has 1 aromatic heterocycles. The van der Waals surface area contributed by atoms with E-state index in [1.807, 2.05) is 44.3 Å². The Morgan fingerprint density at radius 3 is 2.76 bits per heavy atom. The van der Waals surface area contributed by atoms with E-state index in [4.69, 9.17) is 9.47 Å². The molecule has 0 radical (unpaired) electrons. The van der Waals surface area contributed by atoms with Crippen LogP contribution in [0, 0.1) is 6.92 Å². The first-order valence-electron chi connectivity index (χ1n) is 7.04. The quantitative estimate of drug-likeness (QED) is 0.885. The van der Waals surface area contributed by atoms with Crippen LogP contribution in [0.4, 0.5) is 0 Å². The molecule has 1 atom stereocenters. The van der Waals surface area contributed by atoms with E-state index in [0.29, 0.717) is 6.61 Å². The van der Waals surface area contributed by atoms with Crippen molar-refractivity contribution < 1.29 is 9.47 Å². The molecular formula is C17H22N2O2. The lowest BCUT2D eigenvalue weighted by Crippen LogP contribution is -2.14. The fourth-order valence-electron chi connectivity index (χ4n) is 2.10. The number of nitrogens with one attached hydrogen (secondary N) is 1. The lowest BCUT2D eigenvalue weighted by atomic mass is 10.1. The molecule has 1 heterocycles. The molecule has 2 rings (SSSR count). The van der Waals surface area contributed by atoms with Crippen LogP contribution in [-0.2, 0) is 6.61 Å². The molecule has 0 aliphatic heterocycles. The highest BCUT2D eigenvalue weighted by Gasteiger charge is 2.12. The standard InChI is InChI=1S/C17H22N2O2/c1-12-6-5-9-19-16(12)11-21-17-10-14(20-4)7-8-15(17)13(2)18-3/h5-10,13,18H,11H2,1-4H3. The van der Waals surface area contributed by atoms with Gasteiger partial charge in [-0.3, -0.25) is 4.98 Å². The number of methoxy groups -OCH3 is 1. The van der Waals surface area contributed by atoms with Crippen LogP contribution in [0.25, 0.3) is 0 Å². The van der Waals surface area contributed by atoms with Crippen LogP contribution in [0.5, 0.6) is 11.5 Å². The van der Waals surface area contributed by atoms with Crippen LogP contribution >= 0.6 is 0 Å². The molecule has 0 amide bonds. The fourth-order valence-corrected chi connectivity index (χ4v) is 2.10. The van der Waals surface area contributed by atoms with Crippen LogP contribution in [0.15, 0.2) is 36.5 Å². The van der Waals surface area contributed by atoms with Crippen molar-refractivity contribution in [2.75, 3.05) is 14.2 Å². The van der Waals surface area contributed by atoms with Crippen molar-refractivity contribution in [2.45, 2.75) is 26.5 Å². The minimum absolute atomic E-state index is 0.204. The van der Waals surface area contributed by atoms with Gasteiger partial charge in [-0.25, -0.2) is 0 Å². The van der Waals surface area contributed by atoms with Gasteiger partial charge in [0.05, 0.1) is 12.8 Å². The van der Waals surface area contributed by atoms with E-state index < -0.39 is 0 Å². The van der Waals surface area contributed by atoms with E-state index >= 15 is 0 Å². The molecule has 0 aliphatic rings. The number of benzene rings is 1. The molecule has 4 heteroatoms. The number of pyridine rings is 1. The zero-order valence-electron chi connectivity index (χ0n) is 13.0. The van der Waals surface area contributed by atoms with Crippen LogP contribution in [0.2, 0.25) is 0 Å². The van der Waals surface area contributed by atoms with E-state index in [0.717, 1.165) is 28.3 Å². The maximum atomic E-state index is 5.99. The summed E-state index contributed by atoms with van der Waals surface area (Å²) in [6.45, 7) is 4.58. The van der Waals surface area contributed by atoms with Crippen molar-refractivity contribution in [2.24, 2.45) is 0 Å². The van der Waals surface area contributed by atoms with Gasteiger partial charge in [0.25, 0.3) is 0 Å². The molecule has 2 aromatic rings. The number of aryl methyl sites for hydroxylation is 1. The van der Waals surface area contributed by atoms with Gasteiger partial charge in [0.15, 0.2) is 0 Å². The lowest BCUT2D eigenvalue weighted by Gasteiger charge is -2.17. The maximum Gasteiger partial charge on any atom is 0.130 e. The van der Waals surface area contributed by atoms with Gasteiger partial charge < -0.3 is 14.8 Å². The Balaban J connectivity index is 2.23. The first kappa shape index (κ1) is 15.3. The normalized spacial score (nSPS) is 12.0. The molecule has 0 saturated heterocycles. The lowest BCUT2D eigenvalue weighted by molar-refractivity contribution is 0.292. The first-order chi connectivity index (χ1) is 10.2. The van der Waals surface area contributed by atoms with Gasteiger partial charge in [0.1, 0.15) is 18.1 Å². The second kappa shape index (κ2) is 7.09. The van der Waals surface area contributed by atoms with Crippen LogP contribution in [0.3, 0.4) is 0 Å². The highest BCUT2D eigenvalue weighted by atomic mass is 16.5.